The largest absolute Gasteiger partial charge is 0.379 e. The van der Waals surface area contributed by atoms with Crippen LogP contribution in [0.1, 0.15) is 27.7 Å². The van der Waals surface area contributed by atoms with Gasteiger partial charge in [-0.3, -0.25) is 4.79 Å². The molecule has 0 aromatic heterocycles. The van der Waals surface area contributed by atoms with Gasteiger partial charge in [-0.15, -0.1) is 0 Å². The second kappa shape index (κ2) is 8.50. The average Bonchev–Trinajstić information content (AvgIpc) is 2.20. The molecule has 3 N–H and O–H groups in total. The number of ether oxygens (including phenoxy) is 2. The van der Waals surface area contributed by atoms with Crippen LogP contribution in [0.15, 0.2) is 0 Å². The number of primary amides is 1. The molecular weight excluding hydrogens is 208 g/mol. The van der Waals surface area contributed by atoms with E-state index in [-0.39, 0.29) is 18.8 Å². The smallest absolute Gasteiger partial charge is 0.236 e. The van der Waals surface area contributed by atoms with Crippen LogP contribution in [0, 0.1) is 0 Å². The molecule has 0 saturated heterocycles. The first kappa shape index (κ1) is 15.3. The molecule has 0 radical (unpaired) electrons. The van der Waals surface area contributed by atoms with Crippen LogP contribution >= 0.6 is 0 Å². The SMILES string of the molecule is CCOCC(C)OCC(NC(C)C)C(N)=O. The zero-order valence-corrected chi connectivity index (χ0v) is 10.7. The lowest BCUT2D eigenvalue weighted by Crippen LogP contribution is -2.48. The maximum atomic E-state index is 11.1. The van der Waals surface area contributed by atoms with Crippen LogP contribution in [0.5, 0.6) is 0 Å². The van der Waals surface area contributed by atoms with Gasteiger partial charge in [-0.2, -0.15) is 0 Å². The Hall–Kier alpha value is -0.650. The van der Waals surface area contributed by atoms with Gasteiger partial charge < -0.3 is 20.5 Å². The molecule has 0 aliphatic heterocycles. The van der Waals surface area contributed by atoms with E-state index < -0.39 is 11.9 Å². The van der Waals surface area contributed by atoms with Gasteiger partial charge >= 0.3 is 0 Å². The Morgan fingerprint density at radius 3 is 2.38 bits per heavy atom. The summed E-state index contributed by atoms with van der Waals surface area (Å²) in [4.78, 5) is 11.1. The van der Waals surface area contributed by atoms with Crippen molar-refractivity contribution in [1.29, 1.82) is 0 Å². The zero-order valence-electron chi connectivity index (χ0n) is 10.7. The van der Waals surface area contributed by atoms with Crippen molar-refractivity contribution in [2.45, 2.75) is 45.9 Å². The third kappa shape index (κ3) is 7.62. The van der Waals surface area contributed by atoms with E-state index in [0.717, 1.165) is 0 Å². The number of hydrogen-bond donors (Lipinski definition) is 2. The quantitative estimate of drug-likeness (QED) is 0.599. The molecule has 16 heavy (non-hydrogen) atoms. The normalized spacial score (nSPS) is 15.1. The van der Waals surface area contributed by atoms with Gasteiger partial charge in [-0.1, -0.05) is 13.8 Å². The highest BCUT2D eigenvalue weighted by atomic mass is 16.5. The maximum Gasteiger partial charge on any atom is 0.236 e. The Balaban J connectivity index is 3.87. The van der Waals surface area contributed by atoms with Crippen LogP contribution in [0.2, 0.25) is 0 Å². The lowest BCUT2D eigenvalue weighted by molar-refractivity contribution is -0.122. The van der Waals surface area contributed by atoms with Gasteiger partial charge in [-0.25, -0.2) is 0 Å². The molecule has 0 spiro atoms. The van der Waals surface area contributed by atoms with Crippen molar-refractivity contribution in [3.8, 4) is 0 Å². The molecule has 0 aromatic rings. The van der Waals surface area contributed by atoms with Crippen molar-refractivity contribution in [2.75, 3.05) is 19.8 Å². The molecule has 0 aliphatic carbocycles. The van der Waals surface area contributed by atoms with E-state index >= 15 is 0 Å². The van der Waals surface area contributed by atoms with Crippen LogP contribution in [-0.4, -0.2) is 43.9 Å². The summed E-state index contributed by atoms with van der Waals surface area (Å²) in [6.07, 6.45) is -0.0317. The second-order valence-corrected chi connectivity index (χ2v) is 4.08. The Bertz CT molecular complexity index is 198. The van der Waals surface area contributed by atoms with Gasteiger partial charge in [0, 0.05) is 12.6 Å². The van der Waals surface area contributed by atoms with Gasteiger partial charge in [0.1, 0.15) is 6.04 Å². The number of hydrogen-bond acceptors (Lipinski definition) is 4. The minimum atomic E-state index is -0.441. The highest BCUT2D eigenvalue weighted by Gasteiger charge is 2.17. The van der Waals surface area contributed by atoms with E-state index in [0.29, 0.717) is 13.2 Å². The first-order valence-electron chi connectivity index (χ1n) is 5.72. The minimum Gasteiger partial charge on any atom is -0.379 e. The summed E-state index contributed by atoms with van der Waals surface area (Å²) < 4.78 is 10.7. The maximum absolute atomic E-state index is 11.1. The fourth-order valence-corrected chi connectivity index (χ4v) is 1.21. The lowest BCUT2D eigenvalue weighted by Gasteiger charge is -2.20. The third-order valence-electron chi connectivity index (χ3n) is 1.98. The monoisotopic (exact) mass is 232 g/mol. The highest BCUT2D eigenvalue weighted by molar-refractivity contribution is 5.80. The number of carbonyl (C=O) groups is 1. The Labute approximate surface area is 97.7 Å². The molecule has 0 saturated carbocycles. The van der Waals surface area contributed by atoms with Crippen LogP contribution in [0.3, 0.4) is 0 Å². The predicted molar refractivity (Wildman–Crippen MR) is 63.2 cm³/mol. The average molecular weight is 232 g/mol. The number of carbonyl (C=O) groups excluding carboxylic acids is 1. The fraction of sp³-hybridized carbons (Fsp3) is 0.909. The van der Waals surface area contributed by atoms with Crippen LogP contribution in [-0.2, 0) is 14.3 Å². The van der Waals surface area contributed by atoms with Crippen LogP contribution in [0.4, 0.5) is 0 Å². The van der Waals surface area contributed by atoms with Crippen molar-refractivity contribution in [3.05, 3.63) is 0 Å². The second-order valence-electron chi connectivity index (χ2n) is 4.08. The summed E-state index contributed by atoms with van der Waals surface area (Å²) >= 11 is 0. The predicted octanol–water partition coefficient (Wildman–Crippen LogP) is 0.280. The third-order valence-corrected chi connectivity index (χ3v) is 1.98. The van der Waals surface area contributed by atoms with Gasteiger partial charge in [0.2, 0.25) is 5.91 Å². The summed E-state index contributed by atoms with van der Waals surface area (Å²) in [5, 5.41) is 3.05. The van der Waals surface area contributed by atoms with Gasteiger partial charge in [0.15, 0.2) is 0 Å². The molecule has 0 heterocycles. The van der Waals surface area contributed by atoms with Crippen molar-refractivity contribution in [2.24, 2.45) is 5.73 Å². The molecule has 2 atom stereocenters. The summed E-state index contributed by atoms with van der Waals surface area (Å²) in [7, 11) is 0. The Morgan fingerprint density at radius 1 is 1.31 bits per heavy atom. The summed E-state index contributed by atoms with van der Waals surface area (Å²) in [5.74, 6) is -0.391. The molecule has 0 aromatic carbocycles. The van der Waals surface area contributed by atoms with E-state index in [9.17, 15) is 4.79 Å². The molecule has 0 aliphatic rings. The van der Waals surface area contributed by atoms with E-state index in [1.165, 1.54) is 0 Å². The van der Waals surface area contributed by atoms with Crippen molar-refractivity contribution < 1.29 is 14.3 Å². The minimum absolute atomic E-state index is 0.0317. The first-order chi connectivity index (χ1) is 7.47. The molecular formula is C11H24N2O3. The van der Waals surface area contributed by atoms with E-state index in [1.807, 2.05) is 27.7 Å². The molecule has 5 nitrogen and oxygen atoms in total. The van der Waals surface area contributed by atoms with Crippen molar-refractivity contribution >= 4 is 5.91 Å². The van der Waals surface area contributed by atoms with E-state index in [2.05, 4.69) is 5.32 Å². The summed E-state index contributed by atoms with van der Waals surface area (Å²) in [6.45, 7) is 9.23. The first-order valence-corrected chi connectivity index (χ1v) is 5.72. The van der Waals surface area contributed by atoms with E-state index in [1.54, 1.807) is 0 Å². The number of rotatable bonds is 9. The molecule has 1 amide bonds. The lowest BCUT2D eigenvalue weighted by atomic mass is 10.2. The fourth-order valence-electron chi connectivity index (χ4n) is 1.21. The Morgan fingerprint density at radius 2 is 1.94 bits per heavy atom. The molecule has 5 heteroatoms. The topological polar surface area (TPSA) is 73.6 Å². The van der Waals surface area contributed by atoms with Crippen molar-refractivity contribution in [3.63, 3.8) is 0 Å². The summed E-state index contributed by atoms with van der Waals surface area (Å²) in [6, 6.07) is -0.243. The van der Waals surface area contributed by atoms with E-state index in [4.69, 9.17) is 15.2 Å². The molecule has 0 bridgehead atoms. The molecule has 0 rings (SSSR count). The standard InChI is InChI=1S/C11H24N2O3/c1-5-15-6-9(4)16-7-10(11(12)14)13-8(2)3/h8-10,13H,5-7H2,1-4H3,(H2,12,14). The summed E-state index contributed by atoms with van der Waals surface area (Å²) in [5.41, 5.74) is 5.26. The Kier molecular flexibility index (Phi) is 8.15. The van der Waals surface area contributed by atoms with Gasteiger partial charge in [-0.05, 0) is 13.8 Å². The molecule has 2 unspecified atom stereocenters. The van der Waals surface area contributed by atoms with Gasteiger partial charge in [0.05, 0.1) is 19.3 Å². The number of nitrogens with two attached hydrogens (primary N) is 1. The molecule has 0 fully saturated rings. The van der Waals surface area contributed by atoms with Crippen molar-refractivity contribution in [1.82, 2.24) is 5.32 Å². The van der Waals surface area contributed by atoms with Gasteiger partial charge in [0.25, 0.3) is 0 Å². The molecule has 96 valence electrons. The van der Waals surface area contributed by atoms with Crippen LogP contribution in [0.25, 0.3) is 0 Å². The highest BCUT2D eigenvalue weighted by Crippen LogP contribution is 1.96. The number of nitrogens with one attached hydrogen (secondary N) is 1. The number of amides is 1. The van der Waals surface area contributed by atoms with Crippen LogP contribution < -0.4 is 11.1 Å². The zero-order chi connectivity index (χ0) is 12.6.